The van der Waals surface area contributed by atoms with Crippen molar-refractivity contribution in [1.29, 1.82) is 0 Å². The Morgan fingerprint density at radius 1 is 1.24 bits per heavy atom. The van der Waals surface area contributed by atoms with Crippen LogP contribution in [0.15, 0.2) is 6.33 Å². The summed E-state index contributed by atoms with van der Waals surface area (Å²) in [7, 11) is 3.98. The summed E-state index contributed by atoms with van der Waals surface area (Å²) in [5.41, 5.74) is 5.02. The highest BCUT2D eigenvalue weighted by atomic mass is 15.3. The Kier molecular flexibility index (Phi) is 3.12. The summed E-state index contributed by atoms with van der Waals surface area (Å²) < 4.78 is 1.91. The van der Waals surface area contributed by atoms with Crippen molar-refractivity contribution in [2.24, 2.45) is 7.05 Å². The van der Waals surface area contributed by atoms with Gasteiger partial charge in [0.2, 0.25) is 0 Å². The molecule has 0 spiro atoms. The van der Waals surface area contributed by atoms with Gasteiger partial charge in [0.05, 0.1) is 5.69 Å². The Morgan fingerprint density at radius 2 is 2.00 bits per heavy atom. The molecule has 7 nitrogen and oxygen atoms in total. The van der Waals surface area contributed by atoms with Crippen LogP contribution in [-0.4, -0.2) is 36.8 Å². The van der Waals surface area contributed by atoms with Gasteiger partial charge in [-0.2, -0.15) is 5.10 Å². The maximum absolute atomic E-state index is 4.46. The molecule has 0 aliphatic carbocycles. The predicted molar refractivity (Wildman–Crippen MR) is 81.2 cm³/mol. The van der Waals surface area contributed by atoms with Gasteiger partial charge in [0.25, 0.3) is 0 Å². The molecule has 21 heavy (non-hydrogen) atoms. The second-order valence-electron chi connectivity index (χ2n) is 5.35. The Labute approximate surface area is 123 Å². The van der Waals surface area contributed by atoms with E-state index in [4.69, 9.17) is 0 Å². The van der Waals surface area contributed by atoms with E-state index in [-0.39, 0.29) is 0 Å². The van der Waals surface area contributed by atoms with E-state index in [0.717, 1.165) is 29.4 Å². The van der Waals surface area contributed by atoms with Crippen molar-refractivity contribution in [2.75, 3.05) is 11.9 Å². The molecule has 7 heteroatoms. The summed E-state index contributed by atoms with van der Waals surface area (Å²) in [6.45, 7) is 6.78. The summed E-state index contributed by atoms with van der Waals surface area (Å²) in [6, 6.07) is 0. The molecule has 0 atom stereocenters. The van der Waals surface area contributed by atoms with Crippen molar-refractivity contribution in [3.8, 4) is 0 Å². The van der Waals surface area contributed by atoms with Gasteiger partial charge in [-0.3, -0.25) is 4.68 Å². The van der Waals surface area contributed by atoms with Gasteiger partial charge in [-0.15, -0.1) is 0 Å². The smallest absolute Gasteiger partial charge is 0.183 e. The molecule has 0 aromatic carbocycles. The van der Waals surface area contributed by atoms with Crippen LogP contribution < -0.4 is 4.90 Å². The van der Waals surface area contributed by atoms with E-state index < -0.39 is 0 Å². The van der Waals surface area contributed by atoms with Gasteiger partial charge in [-0.1, -0.05) is 0 Å². The molecule has 3 aromatic rings. The number of rotatable bonds is 3. The van der Waals surface area contributed by atoms with Gasteiger partial charge in [-0.25, -0.2) is 15.0 Å². The minimum Gasteiger partial charge on any atom is -0.353 e. The standard InChI is InChI=1S/C14H19N7/c1-8-11(9(2)21(5)19-8)6-20(4)14-12-13(15-7-16-14)18-10(3)17-12/h7H,6H2,1-5H3,(H,15,16,17,18). The molecule has 0 aliphatic rings. The predicted octanol–water partition coefficient (Wildman–Crippen LogP) is 1.65. The number of aryl methyl sites for hydroxylation is 3. The third kappa shape index (κ3) is 2.24. The second kappa shape index (κ2) is 4.83. The average molecular weight is 285 g/mol. The maximum atomic E-state index is 4.46. The van der Waals surface area contributed by atoms with Gasteiger partial charge in [0.1, 0.15) is 17.7 Å². The number of hydrogen-bond donors (Lipinski definition) is 1. The highest BCUT2D eigenvalue weighted by molar-refractivity contribution is 5.83. The molecule has 110 valence electrons. The van der Waals surface area contributed by atoms with E-state index in [1.807, 2.05) is 32.6 Å². The zero-order valence-corrected chi connectivity index (χ0v) is 13.0. The van der Waals surface area contributed by atoms with E-state index in [2.05, 4.69) is 36.9 Å². The quantitative estimate of drug-likeness (QED) is 0.792. The lowest BCUT2D eigenvalue weighted by Crippen LogP contribution is -2.19. The van der Waals surface area contributed by atoms with Crippen molar-refractivity contribution in [3.05, 3.63) is 29.1 Å². The van der Waals surface area contributed by atoms with E-state index in [1.54, 1.807) is 6.33 Å². The van der Waals surface area contributed by atoms with Crippen LogP contribution in [0.2, 0.25) is 0 Å². The van der Waals surface area contributed by atoms with Crippen molar-refractivity contribution >= 4 is 17.0 Å². The highest BCUT2D eigenvalue weighted by Crippen LogP contribution is 2.23. The molecule has 3 rings (SSSR count). The molecule has 0 fully saturated rings. The van der Waals surface area contributed by atoms with Gasteiger partial charge in [0.15, 0.2) is 11.5 Å². The topological polar surface area (TPSA) is 75.5 Å². The lowest BCUT2D eigenvalue weighted by atomic mass is 10.2. The van der Waals surface area contributed by atoms with Gasteiger partial charge >= 0.3 is 0 Å². The fraction of sp³-hybridized carbons (Fsp3) is 0.429. The number of imidazole rings is 1. The lowest BCUT2D eigenvalue weighted by molar-refractivity contribution is 0.729. The van der Waals surface area contributed by atoms with Gasteiger partial charge in [0, 0.05) is 31.9 Å². The number of fused-ring (bicyclic) bond motifs is 1. The monoisotopic (exact) mass is 285 g/mol. The maximum Gasteiger partial charge on any atom is 0.183 e. The zero-order chi connectivity index (χ0) is 15.1. The zero-order valence-electron chi connectivity index (χ0n) is 13.0. The van der Waals surface area contributed by atoms with Crippen molar-refractivity contribution in [3.63, 3.8) is 0 Å². The van der Waals surface area contributed by atoms with Crippen molar-refractivity contribution < 1.29 is 0 Å². The molecule has 3 aromatic heterocycles. The summed E-state index contributed by atoms with van der Waals surface area (Å²) in [5, 5.41) is 4.46. The Morgan fingerprint density at radius 3 is 2.67 bits per heavy atom. The lowest BCUT2D eigenvalue weighted by Gasteiger charge is -2.18. The van der Waals surface area contributed by atoms with Crippen LogP contribution >= 0.6 is 0 Å². The molecule has 0 bridgehead atoms. The summed E-state index contributed by atoms with van der Waals surface area (Å²) in [6.07, 6.45) is 1.55. The van der Waals surface area contributed by atoms with Gasteiger partial charge < -0.3 is 9.88 Å². The van der Waals surface area contributed by atoms with Crippen LogP contribution in [0.1, 0.15) is 22.8 Å². The third-order valence-corrected chi connectivity index (χ3v) is 3.80. The largest absolute Gasteiger partial charge is 0.353 e. The molecule has 0 saturated heterocycles. The Hall–Kier alpha value is -2.44. The van der Waals surface area contributed by atoms with Gasteiger partial charge in [-0.05, 0) is 20.8 Å². The Balaban J connectivity index is 1.99. The van der Waals surface area contributed by atoms with Crippen molar-refractivity contribution in [2.45, 2.75) is 27.3 Å². The highest BCUT2D eigenvalue weighted by Gasteiger charge is 2.16. The van der Waals surface area contributed by atoms with Crippen LogP contribution in [0.25, 0.3) is 11.2 Å². The first-order valence-corrected chi connectivity index (χ1v) is 6.85. The number of aromatic amines is 1. The van der Waals surface area contributed by atoms with E-state index in [1.165, 1.54) is 11.3 Å². The number of hydrogen-bond acceptors (Lipinski definition) is 5. The first-order chi connectivity index (χ1) is 9.97. The normalized spacial score (nSPS) is 11.3. The molecule has 0 radical (unpaired) electrons. The SMILES string of the molecule is Cc1nc2ncnc(N(C)Cc3c(C)nn(C)c3C)c2[nH]1. The van der Waals surface area contributed by atoms with E-state index in [9.17, 15) is 0 Å². The van der Waals surface area contributed by atoms with Crippen LogP contribution in [0.4, 0.5) is 5.82 Å². The van der Waals surface area contributed by atoms with E-state index in [0.29, 0.717) is 5.65 Å². The number of nitrogens with one attached hydrogen (secondary N) is 1. The van der Waals surface area contributed by atoms with Crippen LogP contribution in [0, 0.1) is 20.8 Å². The average Bonchev–Trinajstić information content (AvgIpc) is 2.92. The fourth-order valence-corrected chi connectivity index (χ4v) is 2.58. The van der Waals surface area contributed by atoms with Crippen LogP contribution in [-0.2, 0) is 13.6 Å². The number of nitrogens with zero attached hydrogens (tertiary/aromatic N) is 6. The molecule has 1 N–H and O–H groups in total. The molecule has 0 amide bonds. The molecule has 0 saturated carbocycles. The third-order valence-electron chi connectivity index (χ3n) is 3.80. The first kappa shape index (κ1) is 13.5. The number of H-pyrrole nitrogens is 1. The molecule has 0 aliphatic heterocycles. The first-order valence-electron chi connectivity index (χ1n) is 6.85. The van der Waals surface area contributed by atoms with Crippen LogP contribution in [0.3, 0.4) is 0 Å². The Bertz CT molecular complexity index is 799. The summed E-state index contributed by atoms with van der Waals surface area (Å²) in [5.74, 6) is 1.69. The second-order valence-corrected chi connectivity index (χ2v) is 5.35. The summed E-state index contributed by atoms with van der Waals surface area (Å²) >= 11 is 0. The molecule has 3 heterocycles. The number of aromatic nitrogens is 6. The summed E-state index contributed by atoms with van der Waals surface area (Å²) in [4.78, 5) is 18.3. The molecular formula is C14H19N7. The number of anilines is 1. The molecular weight excluding hydrogens is 266 g/mol. The fourth-order valence-electron chi connectivity index (χ4n) is 2.58. The molecule has 0 unspecified atom stereocenters. The van der Waals surface area contributed by atoms with Crippen LogP contribution in [0.5, 0.6) is 0 Å². The van der Waals surface area contributed by atoms with E-state index >= 15 is 0 Å². The minimum absolute atomic E-state index is 0.698. The minimum atomic E-state index is 0.698. The van der Waals surface area contributed by atoms with Crippen molar-refractivity contribution in [1.82, 2.24) is 29.7 Å².